The fourth-order valence-electron chi connectivity index (χ4n) is 3.23. The number of hydrogen-bond donors (Lipinski definition) is 1. The van der Waals surface area contributed by atoms with Gasteiger partial charge in [0.2, 0.25) is 0 Å². The zero-order chi connectivity index (χ0) is 14.3. The van der Waals surface area contributed by atoms with Gasteiger partial charge in [-0.2, -0.15) is 0 Å². The Morgan fingerprint density at radius 1 is 1.21 bits per heavy atom. The summed E-state index contributed by atoms with van der Waals surface area (Å²) in [7, 11) is 0. The molecule has 114 valence electrons. The number of likely N-dealkylation sites (tertiary alicyclic amines) is 1. The van der Waals surface area contributed by atoms with Crippen LogP contribution in [0, 0.1) is 5.41 Å². The van der Waals surface area contributed by atoms with Crippen molar-refractivity contribution in [2.75, 3.05) is 19.6 Å². The number of piperidine rings is 1. The minimum atomic E-state index is 0.360. The highest BCUT2D eigenvalue weighted by molar-refractivity contribution is 4.87. The van der Waals surface area contributed by atoms with E-state index in [0.717, 1.165) is 12.6 Å². The highest BCUT2D eigenvalue weighted by Crippen LogP contribution is 2.28. The molecule has 0 radical (unpaired) electrons. The zero-order valence-corrected chi connectivity index (χ0v) is 14.0. The molecular formula is C17H36N2. The molecule has 1 saturated heterocycles. The summed E-state index contributed by atoms with van der Waals surface area (Å²) in [6, 6.07) is 1.44. The Labute approximate surface area is 121 Å². The van der Waals surface area contributed by atoms with Crippen LogP contribution in [0.4, 0.5) is 0 Å². The molecule has 2 unspecified atom stereocenters. The van der Waals surface area contributed by atoms with Crippen LogP contribution in [0.25, 0.3) is 0 Å². The Balaban J connectivity index is 2.53. The van der Waals surface area contributed by atoms with Gasteiger partial charge in [0.1, 0.15) is 0 Å². The van der Waals surface area contributed by atoms with Gasteiger partial charge in [-0.3, -0.25) is 4.90 Å². The molecule has 1 heterocycles. The lowest BCUT2D eigenvalue weighted by atomic mass is 9.83. The van der Waals surface area contributed by atoms with Gasteiger partial charge < -0.3 is 5.32 Å². The minimum Gasteiger partial charge on any atom is -0.314 e. The molecule has 0 aliphatic carbocycles. The molecule has 2 nitrogen and oxygen atoms in total. The number of hydrogen-bond acceptors (Lipinski definition) is 2. The Morgan fingerprint density at radius 3 is 2.58 bits per heavy atom. The molecule has 2 atom stereocenters. The van der Waals surface area contributed by atoms with Crippen LogP contribution in [-0.2, 0) is 0 Å². The van der Waals surface area contributed by atoms with Gasteiger partial charge in [-0.1, -0.05) is 40.5 Å². The molecule has 2 heteroatoms. The molecule has 1 aliphatic rings. The van der Waals surface area contributed by atoms with Crippen molar-refractivity contribution >= 4 is 0 Å². The van der Waals surface area contributed by atoms with E-state index in [1.165, 1.54) is 51.6 Å². The van der Waals surface area contributed by atoms with Gasteiger partial charge >= 0.3 is 0 Å². The van der Waals surface area contributed by atoms with Crippen LogP contribution in [0.2, 0.25) is 0 Å². The topological polar surface area (TPSA) is 15.3 Å². The SMILES string of the molecule is CCCNC(C)C(C)(C)CN1CCCCC1CCC. The van der Waals surface area contributed by atoms with Gasteiger partial charge in [0.05, 0.1) is 0 Å². The third-order valence-corrected chi connectivity index (χ3v) is 4.85. The fourth-order valence-corrected chi connectivity index (χ4v) is 3.23. The second-order valence-corrected chi connectivity index (χ2v) is 7.07. The lowest BCUT2D eigenvalue weighted by Crippen LogP contribution is -2.50. The van der Waals surface area contributed by atoms with Crippen LogP contribution < -0.4 is 5.32 Å². The lowest BCUT2D eigenvalue weighted by molar-refractivity contribution is 0.0742. The maximum Gasteiger partial charge on any atom is 0.0102 e. The number of nitrogens with zero attached hydrogens (tertiary/aromatic N) is 1. The fraction of sp³-hybridized carbons (Fsp3) is 1.00. The van der Waals surface area contributed by atoms with Crippen LogP contribution in [0.1, 0.15) is 73.1 Å². The van der Waals surface area contributed by atoms with Crippen LogP contribution in [0.3, 0.4) is 0 Å². The molecule has 1 rings (SSSR count). The van der Waals surface area contributed by atoms with Gasteiger partial charge in [-0.25, -0.2) is 0 Å². The van der Waals surface area contributed by atoms with E-state index < -0.39 is 0 Å². The summed E-state index contributed by atoms with van der Waals surface area (Å²) in [5.41, 5.74) is 0.360. The van der Waals surface area contributed by atoms with Crippen LogP contribution in [0.5, 0.6) is 0 Å². The van der Waals surface area contributed by atoms with Crippen molar-refractivity contribution in [1.82, 2.24) is 10.2 Å². The molecule has 0 aromatic heterocycles. The van der Waals surface area contributed by atoms with Gasteiger partial charge in [-0.15, -0.1) is 0 Å². The lowest BCUT2D eigenvalue weighted by Gasteiger charge is -2.43. The molecule has 1 aliphatic heterocycles. The van der Waals surface area contributed by atoms with Crippen molar-refractivity contribution in [3.63, 3.8) is 0 Å². The summed E-state index contributed by atoms with van der Waals surface area (Å²) in [6.45, 7) is 15.5. The molecule has 0 spiro atoms. The minimum absolute atomic E-state index is 0.360. The van der Waals surface area contributed by atoms with E-state index in [0.29, 0.717) is 11.5 Å². The molecule has 1 N–H and O–H groups in total. The van der Waals surface area contributed by atoms with E-state index in [9.17, 15) is 0 Å². The van der Waals surface area contributed by atoms with E-state index in [1.54, 1.807) is 0 Å². The summed E-state index contributed by atoms with van der Waals surface area (Å²) in [5, 5.41) is 3.68. The summed E-state index contributed by atoms with van der Waals surface area (Å²) >= 11 is 0. The van der Waals surface area contributed by atoms with E-state index in [-0.39, 0.29) is 0 Å². The Kier molecular flexibility index (Phi) is 7.38. The first-order valence-electron chi connectivity index (χ1n) is 8.48. The molecule has 0 aromatic rings. The normalized spacial score (nSPS) is 23.5. The molecule has 1 fully saturated rings. The van der Waals surface area contributed by atoms with Gasteiger partial charge in [0.25, 0.3) is 0 Å². The average Bonchev–Trinajstić information content (AvgIpc) is 2.38. The first-order valence-corrected chi connectivity index (χ1v) is 8.48. The molecule has 0 aromatic carbocycles. The first-order chi connectivity index (χ1) is 9.01. The average molecular weight is 268 g/mol. The van der Waals surface area contributed by atoms with Gasteiger partial charge in [0, 0.05) is 18.6 Å². The summed E-state index contributed by atoms with van der Waals surface area (Å²) in [4.78, 5) is 2.77. The van der Waals surface area contributed by atoms with Crippen molar-refractivity contribution < 1.29 is 0 Å². The Morgan fingerprint density at radius 2 is 1.95 bits per heavy atom. The predicted octanol–water partition coefficient (Wildman–Crippen LogP) is 4.06. The summed E-state index contributed by atoms with van der Waals surface area (Å²) in [6.07, 6.45) is 8.18. The van der Waals surface area contributed by atoms with Crippen LogP contribution in [-0.4, -0.2) is 36.6 Å². The van der Waals surface area contributed by atoms with Gasteiger partial charge in [0.15, 0.2) is 0 Å². The van der Waals surface area contributed by atoms with Crippen molar-refractivity contribution in [1.29, 1.82) is 0 Å². The van der Waals surface area contributed by atoms with E-state index >= 15 is 0 Å². The largest absolute Gasteiger partial charge is 0.314 e. The second kappa shape index (κ2) is 8.26. The second-order valence-electron chi connectivity index (χ2n) is 7.07. The third kappa shape index (κ3) is 5.43. The predicted molar refractivity (Wildman–Crippen MR) is 85.7 cm³/mol. The number of rotatable bonds is 8. The molecular weight excluding hydrogens is 232 g/mol. The van der Waals surface area contributed by atoms with E-state index in [2.05, 4.69) is 44.8 Å². The summed E-state index contributed by atoms with van der Waals surface area (Å²) in [5.74, 6) is 0. The molecule has 19 heavy (non-hydrogen) atoms. The highest BCUT2D eigenvalue weighted by Gasteiger charge is 2.31. The van der Waals surface area contributed by atoms with Crippen LogP contribution >= 0.6 is 0 Å². The van der Waals surface area contributed by atoms with Crippen molar-refractivity contribution in [2.45, 2.75) is 85.2 Å². The molecule has 0 amide bonds. The summed E-state index contributed by atoms with van der Waals surface area (Å²) < 4.78 is 0. The number of nitrogens with one attached hydrogen (secondary N) is 1. The quantitative estimate of drug-likeness (QED) is 0.714. The smallest absolute Gasteiger partial charge is 0.0102 e. The Bertz CT molecular complexity index is 235. The maximum absolute atomic E-state index is 3.68. The monoisotopic (exact) mass is 268 g/mol. The van der Waals surface area contributed by atoms with Crippen molar-refractivity contribution in [3.8, 4) is 0 Å². The van der Waals surface area contributed by atoms with Gasteiger partial charge in [-0.05, 0) is 51.1 Å². The molecule has 0 bridgehead atoms. The maximum atomic E-state index is 3.68. The highest BCUT2D eigenvalue weighted by atomic mass is 15.2. The van der Waals surface area contributed by atoms with Crippen molar-refractivity contribution in [2.24, 2.45) is 5.41 Å². The standard InChI is InChI=1S/C17H36N2/c1-6-10-16-11-8-9-13-19(16)14-17(4,5)15(3)18-12-7-2/h15-16,18H,6-14H2,1-5H3. The first kappa shape index (κ1) is 17.0. The molecule has 0 saturated carbocycles. The van der Waals surface area contributed by atoms with E-state index in [4.69, 9.17) is 0 Å². The van der Waals surface area contributed by atoms with E-state index in [1.807, 2.05) is 0 Å². The van der Waals surface area contributed by atoms with Crippen LogP contribution in [0.15, 0.2) is 0 Å². The van der Waals surface area contributed by atoms with Crippen molar-refractivity contribution in [3.05, 3.63) is 0 Å². The Hall–Kier alpha value is -0.0800. The third-order valence-electron chi connectivity index (χ3n) is 4.85. The zero-order valence-electron chi connectivity index (χ0n) is 14.0.